The molecule has 2 aliphatic rings. The van der Waals surface area contributed by atoms with Gasteiger partial charge in [-0.2, -0.15) is 4.98 Å². The Morgan fingerprint density at radius 3 is 2.55 bits per heavy atom. The van der Waals surface area contributed by atoms with Gasteiger partial charge >= 0.3 is 0 Å². The molecule has 2 fully saturated rings. The number of morpholine rings is 1. The number of ether oxygens (including phenoxy) is 1. The van der Waals surface area contributed by atoms with Gasteiger partial charge in [0, 0.05) is 18.3 Å². The fourth-order valence-electron chi connectivity index (χ4n) is 4.33. The van der Waals surface area contributed by atoms with Gasteiger partial charge in [0.15, 0.2) is 0 Å². The van der Waals surface area contributed by atoms with Crippen molar-refractivity contribution in [1.29, 1.82) is 0 Å². The fraction of sp³-hybridized carbons (Fsp3) is 0.600. The first-order chi connectivity index (χ1) is 14.0. The van der Waals surface area contributed by atoms with Crippen LogP contribution in [0.1, 0.15) is 43.7 Å². The number of nitrogens with one attached hydrogen (secondary N) is 1. The van der Waals surface area contributed by atoms with Crippen LogP contribution in [0.2, 0.25) is 0 Å². The lowest BCUT2D eigenvalue weighted by Crippen LogP contribution is -2.43. The lowest BCUT2D eigenvalue weighted by atomic mass is 9.91. The van der Waals surface area contributed by atoms with Crippen LogP contribution in [0.25, 0.3) is 11.5 Å². The molecule has 1 aliphatic carbocycles. The van der Waals surface area contributed by atoms with E-state index in [1.807, 2.05) is 24.3 Å². The molecule has 2 aromatic rings. The lowest BCUT2D eigenvalue weighted by molar-refractivity contribution is 0.0156. The van der Waals surface area contributed by atoms with Crippen LogP contribution in [0, 0.1) is 5.92 Å². The molecule has 1 aromatic carbocycles. The van der Waals surface area contributed by atoms with Crippen LogP contribution in [0.4, 0.5) is 5.95 Å². The van der Waals surface area contributed by atoms with Gasteiger partial charge in [0.1, 0.15) is 0 Å². The van der Waals surface area contributed by atoms with E-state index in [0.717, 1.165) is 24.0 Å². The van der Waals surface area contributed by atoms with Crippen LogP contribution in [-0.4, -0.2) is 46.6 Å². The summed E-state index contributed by atoms with van der Waals surface area (Å²) in [6, 6.07) is 7.82. The summed E-state index contributed by atoms with van der Waals surface area (Å²) in [5.41, 5.74) is 7.37. The Morgan fingerprint density at radius 1 is 1.17 bits per heavy atom. The third kappa shape index (κ3) is 5.45. The smallest absolute Gasteiger partial charge is 0.261 e. The number of nitrogens with two attached hydrogens (primary N) is 1. The van der Waals surface area contributed by atoms with Gasteiger partial charge in [-0.15, -0.1) is 0 Å². The molecule has 9 heteroatoms. The van der Waals surface area contributed by atoms with Crippen molar-refractivity contribution in [3.05, 3.63) is 29.8 Å². The minimum atomic E-state index is -3.16. The minimum absolute atomic E-state index is 0.0458. The molecule has 4 rings (SSSR count). The van der Waals surface area contributed by atoms with E-state index in [-0.39, 0.29) is 24.3 Å². The third-order valence-electron chi connectivity index (χ3n) is 5.85. The van der Waals surface area contributed by atoms with E-state index in [2.05, 4.69) is 15.5 Å². The Bertz CT molecular complexity index is 842. The second-order valence-corrected chi connectivity index (χ2v) is 10.6. The molecule has 1 aromatic heterocycles. The van der Waals surface area contributed by atoms with Crippen molar-refractivity contribution in [2.24, 2.45) is 5.92 Å². The average Bonchev–Trinajstić information content (AvgIpc) is 3.15. The van der Waals surface area contributed by atoms with Crippen LogP contribution < -0.4 is 11.1 Å². The highest BCUT2D eigenvalue weighted by atomic mass is 31.2. The van der Waals surface area contributed by atoms with Gasteiger partial charge in [-0.25, -0.2) is 0 Å². The molecular weight excluding hydrogens is 391 g/mol. The number of nitrogen functional groups attached to an aromatic ring is 1. The van der Waals surface area contributed by atoms with E-state index in [1.165, 1.54) is 19.3 Å². The molecule has 29 heavy (non-hydrogen) atoms. The molecule has 8 nitrogen and oxygen atoms in total. The molecule has 4 N–H and O–H groups in total. The Hall–Kier alpha value is -1.73. The lowest BCUT2D eigenvalue weighted by Gasteiger charge is -2.32. The average molecular weight is 420 g/mol. The molecule has 2 heterocycles. The zero-order chi connectivity index (χ0) is 20.3. The molecule has 0 amide bonds. The largest absolute Gasteiger partial charge is 0.374 e. The first-order valence-electron chi connectivity index (χ1n) is 10.3. The highest BCUT2D eigenvalue weighted by molar-refractivity contribution is 7.58. The van der Waals surface area contributed by atoms with E-state index >= 15 is 0 Å². The molecule has 158 valence electrons. The second-order valence-electron chi connectivity index (χ2n) is 8.21. The molecule has 0 bridgehead atoms. The molecule has 0 radical (unpaired) electrons. The summed E-state index contributed by atoms with van der Waals surface area (Å²) in [6.07, 6.45) is 6.27. The summed E-state index contributed by atoms with van der Waals surface area (Å²) >= 11 is 0. The van der Waals surface area contributed by atoms with Crippen molar-refractivity contribution in [1.82, 2.24) is 15.5 Å². The minimum Gasteiger partial charge on any atom is -0.374 e. The van der Waals surface area contributed by atoms with E-state index in [0.29, 0.717) is 31.1 Å². The van der Waals surface area contributed by atoms with Gasteiger partial charge in [0.25, 0.3) is 11.8 Å². The highest BCUT2D eigenvalue weighted by Gasteiger charge is 2.31. The monoisotopic (exact) mass is 420 g/mol. The second kappa shape index (κ2) is 8.96. The zero-order valence-electron chi connectivity index (χ0n) is 16.5. The van der Waals surface area contributed by atoms with Crippen molar-refractivity contribution in [3.63, 3.8) is 0 Å². The van der Waals surface area contributed by atoms with Gasteiger partial charge in [-0.1, -0.05) is 31.4 Å². The SMILES string of the molecule is Nc1noc(-c2ccc([C@@H]3CO[C@@H](CP(=O)(O)CC4CCCCC4)CN3)cc2)n1. The van der Waals surface area contributed by atoms with E-state index in [4.69, 9.17) is 15.0 Å². The number of nitrogens with zero attached hydrogens (tertiary/aromatic N) is 2. The van der Waals surface area contributed by atoms with E-state index in [9.17, 15) is 9.46 Å². The molecule has 1 aliphatic heterocycles. The number of benzene rings is 1. The molecule has 3 atom stereocenters. The zero-order valence-corrected chi connectivity index (χ0v) is 17.4. The van der Waals surface area contributed by atoms with Gasteiger partial charge in [-0.3, -0.25) is 4.57 Å². The summed E-state index contributed by atoms with van der Waals surface area (Å²) in [5.74, 6) is 0.900. The van der Waals surface area contributed by atoms with Crippen LogP contribution in [0.3, 0.4) is 0 Å². The van der Waals surface area contributed by atoms with E-state index < -0.39 is 7.37 Å². The van der Waals surface area contributed by atoms with Crippen LogP contribution in [-0.2, 0) is 9.30 Å². The van der Waals surface area contributed by atoms with Crippen LogP contribution in [0.5, 0.6) is 0 Å². The molecule has 1 saturated heterocycles. The number of hydrogen-bond donors (Lipinski definition) is 3. The number of rotatable bonds is 6. The standard InChI is InChI=1S/C20H29N4O4P/c21-20-23-19(28-24-20)16-8-6-15(7-9-16)18-11-27-17(10-22-18)13-29(25,26)12-14-4-2-1-3-5-14/h6-9,14,17-18,22H,1-5,10-13H2,(H2,21,24)(H,25,26)/t17-,18+/m1/s1. The third-order valence-corrected chi connectivity index (χ3v) is 7.91. The summed E-state index contributed by atoms with van der Waals surface area (Å²) < 4.78 is 23.7. The van der Waals surface area contributed by atoms with Crippen molar-refractivity contribution in [3.8, 4) is 11.5 Å². The fourth-order valence-corrected chi connectivity index (χ4v) is 6.52. The predicted molar refractivity (Wildman–Crippen MR) is 111 cm³/mol. The first kappa shape index (κ1) is 20.5. The number of anilines is 1. The van der Waals surface area contributed by atoms with Gasteiger partial charge in [0.2, 0.25) is 7.37 Å². The predicted octanol–water partition coefficient (Wildman–Crippen LogP) is 3.20. The number of hydrogen-bond acceptors (Lipinski definition) is 7. The molecule has 0 spiro atoms. The highest BCUT2D eigenvalue weighted by Crippen LogP contribution is 2.46. The summed E-state index contributed by atoms with van der Waals surface area (Å²) in [6.45, 7) is 1.04. The van der Waals surface area contributed by atoms with Gasteiger partial charge in [0.05, 0.1) is 24.9 Å². The Kier molecular flexibility index (Phi) is 6.35. The van der Waals surface area contributed by atoms with Crippen LogP contribution >= 0.6 is 7.37 Å². The quantitative estimate of drug-likeness (QED) is 0.609. The van der Waals surface area contributed by atoms with Gasteiger partial charge in [-0.05, 0) is 41.6 Å². The van der Waals surface area contributed by atoms with E-state index in [1.54, 1.807) is 0 Å². The van der Waals surface area contributed by atoms with Gasteiger partial charge < -0.3 is 25.2 Å². The Morgan fingerprint density at radius 2 is 1.93 bits per heavy atom. The van der Waals surface area contributed by atoms with Crippen molar-refractivity contribution >= 4 is 13.3 Å². The normalized spacial score (nSPS) is 25.6. The number of aromatic nitrogens is 2. The maximum absolute atomic E-state index is 12.7. The maximum Gasteiger partial charge on any atom is 0.261 e. The molecule has 1 unspecified atom stereocenters. The Balaban J connectivity index is 1.28. The molecule has 1 saturated carbocycles. The summed E-state index contributed by atoms with van der Waals surface area (Å²) in [7, 11) is -3.16. The first-order valence-corrected chi connectivity index (χ1v) is 12.4. The topological polar surface area (TPSA) is 124 Å². The molecular formula is C20H29N4O4P. The maximum atomic E-state index is 12.7. The van der Waals surface area contributed by atoms with Crippen molar-refractivity contribution in [2.75, 3.05) is 31.2 Å². The van der Waals surface area contributed by atoms with Crippen LogP contribution in [0.15, 0.2) is 28.8 Å². The van der Waals surface area contributed by atoms with Crippen molar-refractivity contribution in [2.45, 2.75) is 44.2 Å². The summed E-state index contributed by atoms with van der Waals surface area (Å²) in [5, 5.41) is 7.04. The summed E-state index contributed by atoms with van der Waals surface area (Å²) in [4.78, 5) is 14.5. The van der Waals surface area contributed by atoms with Crippen molar-refractivity contribution < 1.29 is 18.7 Å². The Labute approximate surface area is 170 Å².